The first-order valence-corrected chi connectivity index (χ1v) is 12.8. The monoisotopic (exact) mass is 392 g/mol. The standard InChI is InChI=1S/C21H45O4P/c1-3-5-6-7-8-9-10-11-12-13-14-15-16-17-18-19-20-21(4-2)25-26(22,23)24/h21H,3-20H2,1-2H3,(H2,22,23,24). The summed E-state index contributed by atoms with van der Waals surface area (Å²) in [4.78, 5) is 17.7. The SMILES string of the molecule is CCCCCCCCCCCCCCCCCCC(CC)OP(=O)(O)O. The van der Waals surface area contributed by atoms with Crippen LogP contribution in [0.1, 0.15) is 129 Å². The third-order valence-corrected chi connectivity index (χ3v) is 5.69. The quantitative estimate of drug-likeness (QED) is 0.166. The third kappa shape index (κ3) is 20.4. The Bertz CT molecular complexity index is 330. The van der Waals surface area contributed by atoms with Crippen molar-refractivity contribution in [2.45, 2.75) is 136 Å². The maximum Gasteiger partial charge on any atom is 0.469 e. The lowest BCUT2D eigenvalue weighted by Gasteiger charge is -2.16. The van der Waals surface area contributed by atoms with Crippen molar-refractivity contribution in [2.24, 2.45) is 0 Å². The minimum atomic E-state index is -4.33. The molecule has 0 aromatic carbocycles. The van der Waals surface area contributed by atoms with Gasteiger partial charge in [-0.15, -0.1) is 0 Å². The molecule has 158 valence electrons. The van der Waals surface area contributed by atoms with Crippen molar-refractivity contribution in [3.63, 3.8) is 0 Å². The molecule has 0 fully saturated rings. The summed E-state index contributed by atoms with van der Waals surface area (Å²) in [5, 5.41) is 0. The molecule has 0 heterocycles. The predicted octanol–water partition coefficient (Wildman–Crippen LogP) is 7.53. The molecule has 2 N–H and O–H groups in total. The van der Waals surface area contributed by atoms with Gasteiger partial charge >= 0.3 is 7.82 Å². The summed E-state index contributed by atoms with van der Waals surface area (Å²) in [5.41, 5.74) is 0. The van der Waals surface area contributed by atoms with Crippen LogP contribution in [0.3, 0.4) is 0 Å². The van der Waals surface area contributed by atoms with E-state index < -0.39 is 7.82 Å². The second-order valence-corrected chi connectivity index (χ2v) is 8.91. The molecule has 0 aromatic rings. The summed E-state index contributed by atoms with van der Waals surface area (Å²) in [6, 6.07) is 0. The molecule has 4 nitrogen and oxygen atoms in total. The van der Waals surface area contributed by atoms with Gasteiger partial charge in [-0.2, -0.15) is 0 Å². The van der Waals surface area contributed by atoms with Crippen LogP contribution in [-0.4, -0.2) is 15.9 Å². The molecule has 1 unspecified atom stereocenters. The summed E-state index contributed by atoms with van der Waals surface area (Å²) in [5.74, 6) is 0. The van der Waals surface area contributed by atoms with Crippen molar-refractivity contribution in [1.82, 2.24) is 0 Å². The molecule has 0 aliphatic heterocycles. The highest BCUT2D eigenvalue weighted by Gasteiger charge is 2.20. The fourth-order valence-corrected chi connectivity index (χ4v) is 4.09. The van der Waals surface area contributed by atoms with Crippen LogP contribution in [0.2, 0.25) is 0 Å². The van der Waals surface area contributed by atoms with E-state index in [9.17, 15) is 4.57 Å². The Morgan fingerprint density at radius 1 is 0.654 bits per heavy atom. The van der Waals surface area contributed by atoms with E-state index in [1.54, 1.807) is 0 Å². The van der Waals surface area contributed by atoms with Crippen LogP contribution in [0.15, 0.2) is 0 Å². The minimum Gasteiger partial charge on any atom is -0.303 e. The van der Waals surface area contributed by atoms with Crippen molar-refractivity contribution in [2.75, 3.05) is 0 Å². The molecular weight excluding hydrogens is 347 g/mol. The van der Waals surface area contributed by atoms with Crippen molar-refractivity contribution in [3.8, 4) is 0 Å². The number of hydrogen-bond acceptors (Lipinski definition) is 2. The van der Waals surface area contributed by atoms with E-state index in [4.69, 9.17) is 14.3 Å². The maximum atomic E-state index is 10.8. The van der Waals surface area contributed by atoms with Crippen LogP contribution in [0.25, 0.3) is 0 Å². The maximum absolute atomic E-state index is 10.8. The van der Waals surface area contributed by atoms with Crippen molar-refractivity contribution < 1.29 is 18.9 Å². The lowest BCUT2D eigenvalue weighted by molar-refractivity contribution is 0.121. The van der Waals surface area contributed by atoms with Gasteiger partial charge in [0.1, 0.15) is 0 Å². The number of hydrogen-bond donors (Lipinski definition) is 2. The highest BCUT2D eigenvalue weighted by atomic mass is 31.2. The van der Waals surface area contributed by atoms with Gasteiger partial charge < -0.3 is 9.79 Å². The molecule has 5 heteroatoms. The highest BCUT2D eigenvalue weighted by Crippen LogP contribution is 2.39. The number of phosphoric ester groups is 1. The predicted molar refractivity (Wildman–Crippen MR) is 111 cm³/mol. The van der Waals surface area contributed by atoms with Gasteiger partial charge in [0.2, 0.25) is 0 Å². The first kappa shape index (κ1) is 26.1. The van der Waals surface area contributed by atoms with Crippen molar-refractivity contribution >= 4 is 7.82 Å². The van der Waals surface area contributed by atoms with E-state index in [-0.39, 0.29) is 6.10 Å². The van der Waals surface area contributed by atoms with Crippen LogP contribution < -0.4 is 0 Å². The van der Waals surface area contributed by atoms with Crippen LogP contribution in [0.4, 0.5) is 0 Å². The Labute approximate surface area is 162 Å². The normalized spacial score (nSPS) is 13.2. The van der Waals surface area contributed by atoms with Gasteiger partial charge in [0.25, 0.3) is 0 Å². The molecule has 0 spiro atoms. The molecule has 0 radical (unpaired) electrons. The topological polar surface area (TPSA) is 66.8 Å². The summed E-state index contributed by atoms with van der Waals surface area (Å²) < 4.78 is 15.6. The summed E-state index contributed by atoms with van der Waals surface area (Å²) in [7, 11) is -4.33. The molecule has 0 bridgehead atoms. The van der Waals surface area contributed by atoms with Gasteiger partial charge in [0, 0.05) is 0 Å². The van der Waals surface area contributed by atoms with Gasteiger partial charge in [-0.05, 0) is 12.8 Å². The molecule has 1 atom stereocenters. The zero-order valence-electron chi connectivity index (χ0n) is 17.5. The Morgan fingerprint density at radius 3 is 1.31 bits per heavy atom. The van der Waals surface area contributed by atoms with Gasteiger partial charge in [-0.3, -0.25) is 4.52 Å². The van der Waals surface area contributed by atoms with E-state index in [2.05, 4.69) is 6.92 Å². The van der Waals surface area contributed by atoms with Crippen LogP contribution in [0.5, 0.6) is 0 Å². The zero-order chi connectivity index (χ0) is 19.5. The minimum absolute atomic E-state index is 0.303. The molecule has 26 heavy (non-hydrogen) atoms. The van der Waals surface area contributed by atoms with Crippen molar-refractivity contribution in [1.29, 1.82) is 0 Å². The molecule has 0 aliphatic rings. The highest BCUT2D eigenvalue weighted by molar-refractivity contribution is 7.46. The fourth-order valence-electron chi connectivity index (χ4n) is 3.45. The van der Waals surface area contributed by atoms with Gasteiger partial charge in [0.15, 0.2) is 0 Å². The van der Waals surface area contributed by atoms with Crippen molar-refractivity contribution in [3.05, 3.63) is 0 Å². The van der Waals surface area contributed by atoms with Gasteiger partial charge in [0.05, 0.1) is 6.10 Å². The van der Waals surface area contributed by atoms with Gasteiger partial charge in [-0.25, -0.2) is 4.57 Å². The summed E-state index contributed by atoms with van der Waals surface area (Å²) in [6.07, 6.45) is 22.5. The molecule has 0 saturated carbocycles. The molecule has 0 amide bonds. The summed E-state index contributed by atoms with van der Waals surface area (Å²) >= 11 is 0. The second kappa shape index (κ2) is 18.5. The second-order valence-electron chi connectivity index (χ2n) is 7.72. The number of rotatable bonds is 20. The van der Waals surface area contributed by atoms with Gasteiger partial charge in [-0.1, -0.05) is 117 Å². The Morgan fingerprint density at radius 2 is 1.00 bits per heavy atom. The molecule has 0 saturated heterocycles. The Kier molecular flexibility index (Phi) is 18.6. The number of phosphoric acid groups is 1. The third-order valence-electron chi connectivity index (χ3n) is 5.12. The first-order valence-electron chi connectivity index (χ1n) is 11.2. The average molecular weight is 393 g/mol. The fraction of sp³-hybridized carbons (Fsp3) is 1.00. The van der Waals surface area contributed by atoms with E-state index in [0.717, 1.165) is 19.3 Å². The number of unbranched alkanes of at least 4 members (excludes halogenated alkanes) is 15. The first-order chi connectivity index (χ1) is 12.5. The lowest BCUT2D eigenvalue weighted by atomic mass is 10.0. The molecule has 0 rings (SSSR count). The average Bonchev–Trinajstić information content (AvgIpc) is 2.59. The lowest BCUT2D eigenvalue weighted by Crippen LogP contribution is -2.09. The Hall–Kier alpha value is 0.110. The van der Waals surface area contributed by atoms with Crippen LogP contribution >= 0.6 is 7.82 Å². The summed E-state index contributed by atoms with van der Waals surface area (Å²) in [6.45, 7) is 4.18. The smallest absolute Gasteiger partial charge is 0.303 e. The largest absolute Gasteiger partial charge is 0.469 e. The molecule has 0 aliphatic carbocycles. The van der Waals surface area contributed by atoms with E-state index in [1.807, 2.05) is 6.92 Å². The zero-order valence-corrected chi connectivity index (χ0v) is 18.4. The van der Waals surface area contributed by atoms with E-state index >= 15 is 0 Å². The van der Waals surface area contributed by atoms with Crippen LogP contribution in [-0.2, 0) is 9.09 Å². The van der Waals surface area contributed by atoms with E-state index in [1.165, 1.54) is 89.9 Å². The van der Waals surface area contributed by atoms with E-state index in [0.29, 0.717) is 6.42 Å². The van der Waals surface area contributed by atoms with Crippen LogP contribution in [0, 0.1) is 0 Å². The Balaban J connectivity index is 3.23. The molecular formula is C21H45O4P. The molecule has 0 aromatic heterocycles.